The van der Waals surface area contributed by atoms with Crippen molar-refractivity contribution >= 4 is 23.2 Å². The number of methoxy groups -OCH3 is 1. The topological polar surface area (TPSA) is 104 Å². The van der Waals surface area contributed by atoms with E-state index in [2.05, 4.69) is 15.6 Å². The molecule has 0 spiro atoms. The predicted octanol–water partition coefficient (Wildman–Crippen LogP) is 5.49. The maximum atomic E-state index is 13.6. The number of carbonyl (C=O) groups is 2. The Balaban J connectivity index is 1.28. The SMILES string of the molecule is COc1cccc(C(C)NCC(O)C(Cc2ccccc2)NC(=O)c2cccc(C(=O)N3CCCC3c3nc(C)cs3)c2)c1. The lowest BCUT2D eigenvalue weighted by Gasteiger charge is -2.27. The number of likely N-dealkylation sites (tertiary alicyclic amines) is 1. The Morgan fingerprint density at radius 2 is 1.84 bits per heavy atom. The molecule has 4 aromatic rings. The highest BCUT2D eigenvalue weighted by molar-refractivity contribution is 7.09. The van der Waals surface area contributed by atoms with Crippen LogP contribution < -0.4 is 15.4 Å². The zero-order valence-corrected chi connectivity index (χ0v) is 26.2. The van der Waals surface area contributed by atoms with E-state index in [9.17, 15) is 14.7 Å². The van der Waals surface area contributed by atoms with Crippen LogP contribution in [0.4, 0.5) is 0 Å². The van der Waals surface area contributed by atoms with Crippen LogP contribution in [-0.4, -0.2) is 59.1 Å². The molecular weight excluding hydrogens is 572 g/mol. The van der Waals surface area contributed by atoms with Crippen LogP contribution in [0.25, 0.3) is 0 Å². The molecular formula is C35H40N4O4S. The number of benzene rings is 3. The van der Waals surface area contributed by atoms with Gasteiger partial charge in [0.1, 0.15) is 10.8 Å². The van der Waals surface area contributed by atoms with Crippen LogP contribution in [0.1, 0.15) is 74.4 Å². The summed E-state index contributed by atoms with van der Waals surface area (Å²) in [6.45, 7) is 4.91. The molecule has 0 aliphatic carbocycles. The second-order valence-electron chi connectivity index (χ2n) is 11.3. The lowest BCUT2D eigenvalue weighted by atomic mass is 9.99. The number of aryl methyl sites for hydroxylation is 1. The van der Waals surface area contributed by atoms with Crippen molar-refractivity contribution in [2.24, 2.45) is 0 Å². The fraction of sp³-hybridized carbons (Fsp3) is 0.343. The molecule has 0 saturated carbocycles. The Morgan fingerprint density at radius 3 is 2.59 bits per heavy atom. The van der Waals surface area contributed by atoms with Gasteiger partial charge in [-0.3, -0.25) is 9.59 Å². The second kappa shape index (κ2) is 14.6. The highest BCUT2D eigenvalue weighted by Gasteiger charge is 2.33. The van der Waals surface area contributed by atoms with Crippen LogP contribution in [0.2, 0.25) is 0 Å². The summed E-state index contributed by atoms with van der Waals surface area (Å²) in [7, 11) is 1.63. The van der Waals surface area contributed by atoms with Gasteiger partial charge in [0.25, 0.3) is 11.8 Å². The minimum atomic E-state index is -0.871. The smallest absolute Gasteiger partial charge is 0.254 e. The number of thiazole rings is 1. The molecule has 1 aliphatic heterocycles. The van der Waals surface area contributed by atoms with Crippen molar-refractivity contribution in [1.29, 1.82) is 0 Å². The van der Waals surface area contributed by atoms with Gasteiger partial charge in [-0.2, -0.15) is 0 Å². The van der Waals surface area contributed by atoms with Crippen LogP contribution in [-0.2, 0) is 6.42 Å². The van der Waals surface area contributed by atoms with Gasteiger partial charge in [0.2, 0.25) is 0 Å². The highest BCUT2D eigenvalue weighted by Crippen LogP contribution is 2.34. The van der Waals surface area contributed by atoms with E-state index in [4.69, 9.17) is 4.74 Å². The summed E-state index contributed by atoms with van der Waals surface area (Å²) in [5.74, 6) is 0.325. The second-order valence-corrected chi connectivity index (χ2v) is 12.2. The molecule has 5 rings (SSSR count). The minimum Gasteiger partial charge on any atom is -0.497 e. The number of nitrogens with one attached hydrogen (secondary N) is 2. The fourth-order valence-corrected chi connectivity index (χ4v) is 6.57. The zero-order chi connectivity index (χ0) is 31.1. The van der Waals surface area contributed by atoms with Crippen molar-refractivity contribution in [3.63, 3.8) is 0 Å². The first kappa shape index (κ1) is 31.4. The molecule has 0 bridgehead atoms. The molecule has 1 saturated heterocycles. The standard InChI is InChI=1S/C35H40N4O4S/c1-23-22-44-34(37-23)31-16-9-17-39(31)35(42)28-14-7-13-27(19-28)33(41)38-30(18-25-10-5-4-6-11-25)32(40)21-36-24(2)26-12-8-15-29(20-26)43-3/h4-8,10-15,19-20,22,24,30-32,36,40H,9,16-18,21H2,1-3H3,(H,38,41). The average molecular weight is 613 g/mol. The van der Waals surface area contributed by atoms with Gasteiger partial charge in [-0.15, -0.1) is 11.3 Å². The van der Waals surface area contributed by atoms with Crippen molar-refractivity contribution in [1.82, 2.24) is 20.5 Å². The van der Waals surface area contributed by atoms with E-state index in [0.29, 0.717) is 24.1 Å². The van der Waals surface area contributed by atoms with Crippen molar-refractivity contribution < 1.29 is 19.4 Å². The molecule has 3 N–H and O–H groups in total. The number of ether oxygens (including phenoxy) is 1. The van der Waals surface area contributed by atoms with Crippen LogP contribution in [0.5, 0.6) is 5.75 Å². The molecule has 230 valence electrons. The molecule has 1 fully saturated rings. The third kappa shape index (κ3) is 7.72. The van der Waals surface area contributed by atoms with Gasteiger partial charge >= 0.3 is 0 Å². The first-order chi connectivity index (χ1) is 21.3. The fourth-order valence-electron chi connectivity index (χ4n) is 5.62. The minimum absolute atomic E-state index is 0.0433. The summed E-state index contributed by atoms with van der Waals surface area (Å²) in [5.41, 5.74) is 3.83. The first-order valence-electron chi connectivity index (χ1n) is 15.1. The number of nitrogens with zero attached hydrogens (tertiary/aromatic N) is 2. The van der Waals surface area contributed by atoms with Crippen molar-refractivity contribution in [2.75, 3.05) is 20.2 Å². The Labute approximate surface area is 263 Å². The predicted molar refractivity (Wildman–Crippen MR) is 173 cm³/mol. The van der Waals surface area contributed by atoms with Gasteiger partial charge < -0.3 is 25.4 Å². The molecule has 1 aliphatic rings. The van der Waals surface area contributed by atoms with Gasteiger partial charge in [0.05, 0.1) is 25.3 Å². The van der Waals surface area contributed by atoms with Crippen LogP contribution >= 0.6 is 11.3 Å². The molecule has 3 aromatic carbocycles. The van der Waals surface area contributed by atoms with Crippen LogP contribution in [0, 0.1) is 6.92 Å². The Morgan fingerprint density at radius 1 is 1.07 bits per heavy atom. The van der Waals surface area contributed by atoms with E-state index in [1.807, 2.05) is 78.7 Å². The van der Waals surface area contributed by atoms with E-state index >= 15 is 0 Å². The summed E-state index contributed by atoms with van der Waals surface area (Å²) in [6, 6.07) is 23.8. The third-order valence-corrected chi connectivity index (χ3v) is 9.18. The molecule has 9 heteroatoms. The maximum Gasteiger partial charge on any atom is 0.254 e. The average Bonchev–Trinajstić information content (AvgIpc) is 3.72. The van der Waals surface area contributed by atoms with Crippen molar-refractivity contribution in [2.45, 2.75) is 57.3 Å². The van der Waals surface area contributed by atoms with E-state index in [0.717, 1.165) is 40.4 Å². The summed E-state index contributed by atoms with van der Waals surface area (Å²) in [5, 5.41) is 20.7. The van der Waals surface area contributed by atoms with Crippen molar-refractivity contribution in [3.05, 3.63) is 117 Å². The summed E-state index contributed by atoms with van der Waals surface area (Å²) < 4.78 is 5.35. The monoisotopic (exact) mass is 612 g/mol. The third-order valence-electron chi connectivity index (χ3n) is 8.11. The molecule has 1 aromatic heterocycles. The van der Waals surface area contributed by atoms with Gasteiger partial charge in [0, 0.05) is 41.3 Å². The number of rotatable bonds is 12. The number of aromatic nitrogens is 1. The highest BCUT2D eigenvalue weighted by atomic mass is 32.1. The lowest BCUT2D eigenvalue weighted by Crippen LogP contribution is -2.49. The number of aliphatic hydroxyl groups excluding tert-OH is 1. The molecule has 44 heavy (non-hydrogen) atoms. The Hall–Kier alpha value is -4.05. The number of carbonyl (C=O) groups excluding carboxylic acids is 2. The molecule has 2 amide bonds. The van der Waals surface area contributed by atoms with Gasteiger partial charge in [-0.25, -0.2) is 4.98 Å². The Bertz CT molecular complexity index is 1560. The lowest BCUT2D eigenvalue weighted by molar-refractivity contribution is 0.0735. The molecule has 8 nitrogen and oxygen atoms in total. The number of aliphatic hydroxyl groups is 1. The molecule has 4 atom stereocenters. The zero-order valence-electron chi connectivity index (χ0n) is 25.4. The Kier molecular flexibility index (Phi) is 10.4. The quantitative estimate of drug-likeness (QED) is 0.196. The normalized spacial score (nSPS) is 16.7. The van der Waals surface area contributed by atoms with E-state index in [-0.39, 0.29) is 30.4 Å². The maximum absolute atomic E-state index is 13.6. The summed E-state index contributed by atoms with van der Waals surface area (Å²) in [4.78, 5) is 33.7. The van der Waals surface area contributed by atoms with Gasteiger partial charge in [0.15, 0.2) is 0 Å². The number of amides is 2. The number of hydrogen-bond donors (Lipinski definition) is 3. The van der Waals surface area contributed by atoms with Crippen molar-refractivity contribution in [3.8, 4) is 5.75 Å². The van der Waals surface area contributed by atoms with Gasteiger partial charge in [-0.1, -0.05) is 48.5 Å². The van der Waals surface area contributed by atoms with E-state index in [1.165, 1.54) is 0 Å². The van der Waals surface area contributed by atoms with Gasteiger partial charge in [-0.05, 0) is 74.6 Å². The number of hydrogen-bond acceptors (Lipinski definition) is 7. The first-order valence-corrected chi connectivity index (χ1v) is 15.9. The van der Waals surface area contributed by atoms with Crippen LogP contribution in [0.3, 0.4) is 0 Å². The molecule has 2 heterocycles. The summed E-state index contributed by atoms with van der Waals surface area (Å²) >= 11 is 1.58. The van der Waals surface area contributed by atoms with E-state index in [1.54, 1.807) is 42.7 Å². The largest absolute Gasteiger partial charge is 0.497 e. The van der Waals surface area contributed by atoms with E-state index < -0.39 is 12.1 Å². The summed E-state index contributed by atoms with van der Waals surface area (Å²) in [6.07, 6.45) is 1.37. The molecule has 0 radical (unpaired) electrons. The molecule has 4 unspecified atom stereocenters. The van der Waals surface area contributed by atoms with Crippen LogP contribution in [0.15, 0.2) is 84.2 Å².